The van der Waals surface area contributed by atoms with Gasteiger partial charge < -0.3 is 10.1 Å². The second-order valence-electron chi connectivity index (χ2n) is 8.90. The number of benzene rings is 2. The average molecular weight is 431 g/mol. The van der Waals surface area contributed by atoms with E-state index in [1.54, 1.807) is 19.2 Å². The molecule has 5 unspecified atom stereocenters. The molecule has 0 aromatic heterocycles. The Bertz CT molecular complexity index is 1080. The fraction of sp³-hybridized carbons (Fsp3) is 0.346. The highest BCUT2D eigenvalue weighted by Crippen LogP contribution is 2.54. The maximum atomic E-state index is 13.4. The Labute approximate surface area is 187 Å². The summed E-state index contributed by atoms with van der Waals surface area (Å²) in [7, 11) is 1.58. The summed E-state index contributed by atoms with van der Waals surface area (Å²) in [6, 6.07) is 14.1. The molecule has 1 N–H and O–H groups in total. The number of allylic oxidation sites excluding steroid dienone is 2. The second-order valence-corrected chi connectivity index (χ2v) is 8.90. The molecule has 6 nitrogen and oxygen atoms in total. The maximum Gasteiger partial charge on any atom is 0.234 e. The number of nitrogens with one attached hydrogen (secondary N) is 1. The monoisotopic (exact) mass is 430 g/mol. The standard InChI is InChI=1S/C26H26N2O4/c1-15-5-3-4-6-20(15)27-22(29)14-21(16-9-11-19(32-2)12-10-16)28-25(30)23-17-7-8-18(13-17)24(23)26(28)31/h3-12,17-18,21,23-24H,13-14H2,1-2H3,(H,27,29). The fourth-order valence-electron chi connectivity index (χ4n) is 5.51. The van der Waals surface area contributed by atoms with Crippen LogP contribution in [0, 0.1) is 30.6 Å². The number of likely N-dealkylation sites (tertiary alicyclic amines) is 1. The summed E-state index contributed by atoms with van der Waals surface area (Å²) in [4.78, 5) is 41.3. The van der Waals surface area contributed by atoms with Crippen LogP contribution in [0.15, 0.2) is 60.7 Å². The molecule has 1 aliphatic heterocycles. The van der Waals surface area contributed by atoms with Gasteiger partial charge in [0, 0.05) is 5.69 Å². The SMILES string of the molecule is COc1ccc(C(CC(=O)Nc2ccccc2C)N2C(=O)C3C4C=CC(C4)C3C2=O)cc1. The maximum absolute atomic E-state index is 13.4. The zero-order chi connectivity index (χ0) is 22.4. The third-order valence-corrected chi connectivity index (χ3v) is 7.11. The highest BCUT2D eigenvalue weighted by Gasteiger charge is 2.60. The van der Waals surface area contributed by atoms with Gasteiger partial charge in [-0.1, -0.05) is 42.5 Å². The van der Waals surface area contributed by atoms with Gasteiger partial charge in [0.05, 0.1) is 31.4 Å². The van der Waals surface area contributed by atoms with Crippen molar-refractivity contribution in [2.75, 3.05) is 12.4 Å². The molecule has 5 rings (SSSR count). The van der Waals surface area contributed by atoms with E-state index in [4.69, 9.17) is 4.74 Å². The van der Waals surface area contributed by atoms with E-state index in [1.165, 1.54) is 4.90 Å². The number of nitrogens with zero attached hydrogens (tertiary/aromatic N) is 1. The second kappa shape index (κ2) is 7.93. The van der Waals surface area contributed by atoms with Gasteiger partial charge in [-0.25, -0.2) is 0 Å². The average Bonchev–Trinajstić information content (AvgIpc) is 3.48. The van der Waals surface area contributed by atoms with Crippen molar-refractivity contribution in [2.24, 2.45) is 23.7 Å². The van der Waals surface area contributed by atoms with Crippen LogP contribution in [-0.2, 0) is 14.4 Å². The Hall–Kier alpha value is -3.41. The minimum absolute atomic E-state index is 0.000342. The van der Waals surface area contributed by atoms with Crippen molar-refractivity contribution in [3.8, 4) is 5.75 Å². The number of fused-ring (bicyclic) bond motifs is 5. The number of aryl methyl sites for hydroxylation is 1. The van der Waals surface area contributed by atoms with Crippen molar-refractivity contribution in [3.63, 3.8) is 0 Å². The van der Waals surface area contributed by atoms with Crippen LogP contribution in [0.2, 0.25) is 0 Å². The highest BCUT2D eigenvalue weighted by atomic mass is 16.5. The van der Waals surface area contributed by atoms with E-state index in [0.717, 1.165) is 23.2 Å². The van der Waals surface area contributed by atoms with Crippen LogP contribution in [0.4, 0.5) is 5.69 Å². The first-order chi connectivity index (χ1) is 15.5. The van der Waals surface area contributed by atoms with Crippen molar-refractivity contribution in [1.82, 2.24) is 4.90 Å². The van der Waals surface area contributed by atoms with Crippen LogP contribution < -0.4 is 10.1 Å². The number of ether oxygens (including phenoxy) is 1. The molecule has 2 aromatic carbocycles. The molecule has 1 saturated heterocycles. The van der Waals surface area contributed by atoms with Crippen molar-refractivity contribution in [3.05, 3.63) is 71.8 Å². The van der Waals surface area contributed by atoms with Crippen LogP contribution in [-0.4, -0.2) is 29.7 Å². The normalized spacial score (nSPS) is 26.4. The Morgan fingerprint density at radius 3 is 2.25 bits per heavy atom. The first-order valence-electron chi connectivity index (χ1n) is 11.0. The Morgan fingerprint density at radius 2 is 1.66 bits per heavy atom. The number of amides is 3. The predicted molar refractivity (Wildman–Crippen MR) is 120 cm³/mol. The van der Waals surface area contributed by atoms with Gasteiger partial charge in [-0.2, -0.15) is 0 Å². The van der Waals surface area contributed by atoms with Gasteiger partial charge in [0.25, 0.3) is 0 Å². The van der Waals surface area contributed by atoms with E-state index >= 15 is 0 Å². The lowest BCUT2D eigenvalue weighted by molar-refractivity contribution is -0.144. The molecule has 2 aromatic rings. The number of para-hydroxylation sites is 1. The Balaban J connectivity index is 1.45. The van der Waals surface area contributed by atoms with Crippen molar-refractivity contribution < 1.29 is 19.1 Å². The van der Waals surface area contributed by atoms with Crippen molar-refractivity contribution in [2.45, 2.75) is 25.8 Å². The van der Waals surface area contributed by atoms with Crippen LogP contribution >= 0.6 is 0 Å². The van der Waals surface area contributed by atoms with Crippen LogP contribution in [0.25, 0.3) is 0 Å². The molecule has 2 aliphatic carbocycles. The van der Waals surface area contributed by atoms with E-state index < -0.39 is 6.04 Å². The van der Waals surface area contributed by atoms with Crippen LogP contribution in [0.1, 0.15) is 30.0 Å². The Kier molecular flexibility index (Phi) is 5.08. The smallest absolute Gasteiger partial charge is 0.234 e. The first kappa shape index (κ1) is 20.5. The van der Waals surface area contributed by atoms with E-state index in [-0.39, 0.29) is 47.8 Å². The molecule has 5 atom stereocenters. The number of carbonyl (C=O) groups is 3. The number of methoxy groups -OCH3 is 1. The minimum atomic E-state index is -0.657. The molecule has 164 valence electrons. The molecular weight excluding hydrogens is 404 g/mol. The van der Waals surface area contributed by atoms with Gasteiger partial charge >= 0.3 is 0 Å². The minimum Gasteiger partial charge on any atom is -0.497 e. The summed E-state index contributed by atoms with van der Waals surface area (Å²) in [6.45, 7) is 1.92. The van der Waals surface area contributed by atoms with Crippen LogP contribution in [0.3, 0.4) is 0 Å². The first-order valence-corrected chi connectivity index (χ1v) is 11.0. The topological polar surface area (TPSA) is 75.7 Å². The lowest BCUT2D eigenvalue weighted by Gasteiger charge is -2.28. The molecule has 0 spiro atoms. The summed E-state index contributed by atoms with van der Waals surface area (Å²) >= 11 is 0. The predicted octanol–water partition coefficient (Wildman–Crippen LogP) is 3.88. The number of hydrogen-bond donors (Lipinski definition) is 1. The molecule has 6 heteroatoms. The molecule has 0 radical (unpaired) electrons. The van der Waals surface area contributed by atoms with E-state index in [0.29, 0.717) is 5.75 Å². The van der Waals surface area contributed by atoms with Gasteiger partial charge in [0.15, 0.2) is 0 Å². The largest absolute Gasteiger partial charge is 0.497 e. The van der Waals surface area contributed by atoms with Gasteiger partial charge in [0.2, 0.25) is 17.7 Å². The van der Waals surface area contributed by atoms with Gasteiger partial charge in [-0.3, -0.25) is 19.3 Å². The third kappa shape index (κ3) is 3.30. The summed E-state index contributed by atoms with van der Waals surface area (Å²) in [5, 5.41) is 2.94. The Morgan fingerprint density at radius 1 is 1.03 bits per heavy atom. The molecule has 3 aliphatic rings. The van der Waals surface area contributed by atoms with E-state index in [9.17, 15) is 14.4 Å². The zero-order valence-electron chi connectivity index (χ0n) is 18.2. The zero-order valence-corrected chi connectivity index (χ0v) is 18.2. The molecular formula is C26H26N2O4. The quantitative estimate of drug-likeness (QED) is 0.557. The molecule has 2 fully saturated rings. The van der Waals surface area contributed by atoms with Gasteiger partial charge in [0.1, 0.15) is 5.75 Å². The van der Waals surface area contributed by atoms with Crippen LogP contribution in [0.5, 0.6) is 5.75 Å². The van der Waals surface area contributed by atoms with E-state index in [2.05, 4.69) is 17.5 Å². The lowest BCUT2D eigenvalue weighted by atomic mass is 9.85. The summed E-state index contributed by atoms with van der Waals surface area (Å²) in [5.74, 6) is -0.195. The summed E-state index contributed by atoms with van der Waals surface area (Å²) in [5.41, 5.74) is 2.42. The number of hydrogen-bond acceptors (Lipinski definition) is 4. The number of imide groups is 1. The molecule has 3 amide bonds. The summed E-state index contributed by atoms with van der Waals surface area (Å²) < 4.78 is 5.25. The van der Waals surface area contributed by atoms with Gasteiger partial charge in [-0.15, -0.1) is 0 Å². The third-order valence-electron chi connectivity index (χ3n) is 7.11. The highest BCUT2D eigenvalue weighted by molar-refractivity contribution is 6.07. The molecule has 1 heterocycles. The molecule has 32 heavy (non-hydrogen) atoms. The number of rotatable bonds is 6. The number of anilines is 1. The lowest BCUT2D eigenvalue weighted by Crippen LogP contribution is -2.38. The molecule has 1 saturated carbocycles. The van der Waals surface area contributed by atoms with Crippen molar-refractivity contribution >= 4 is 23.4 Å². The van der Waals surface area contributed by atoms with Gasteiger partial charge in [-0.05, 0) is 54.5 Å². The van der Waals surface area contributed by atoms with Crippen molar-refractivity contribution in [1.29, 1.82) is 0 Å². The number of carbonyl (C=O) groups excluding carboxylic acids is 3. The van der Waals surface area contributed by atoms with E-state index in [1.807, 2.05) is 43.3 Å². The summed E-state index contributed by atoms with van der Waals surface area (Å²) in [6.07, 6.45) is 5.03. The fourth-order valence-corrected chi connectivity index (χ4v) is 5.51. The molecule has 2 bridgehead atoms.